The molecule has 4 nitrogen and oxygen atoms in total. The number of hydrogen-bond acceptors (Lipinski definition) is 2. The van der Waals surface area contributed by atoms with E-state index in [1.807, 2.05) is 13.8 Å². The average Bonchev–Trinajstić information content (AvgIpc) is 2.02. The molecule has 0 saturated carbocycles. The van der Waals surface area contributed by atoms with Gasteiger partial charge in [-0.3, -0.25) is 0 Å². The van der Waals surface area contributed by atoms with Gasteiger partial charge in [0, 0.05) is 26.2 Å². The average molecular weight is 220 g/mol. The molecule has 0 amide bonds. The summed E-state index contributed by atoms with van der Waals surface area (Å²) in [4.78, 5) is 0. The molecule has 0 aromatic rings. The Hall–Kier alpha value is -0.130. The number of piperidine rings is 1. The van der Waals surface area contributed by atoms with E-state index in [4.69, 9.17) is 0 Å². The first-order valence-electron chi connectivity index (χ1n) is 5.08. The first-order chi connectivity index (χ1) is 6.37. The van der Waals surface area contributed by atoms with Crippen LogP contribution in [0.25, 0.3) is 0 Å². The van der Waals surface area contributed by atoms with Crippen LogP contribution in [0.3, 0.4) is 0 Å². The monoisotopic (exact) mass is 220 g/mol. The first kappa shape index (κ1) is 11.9. The van der Waals surface area contributed by atoms with E-state index in [1.54, 1.807) is 18.4 Å². The summed E-state index contributed by atoms with van der Waals surface area (Å²) in [5, 5.41) is 0. The van der Waals surface area contributed by atoms with Crippen LogP contribution in [0.15, 0.2) is 0 Å². The number of hydrogen-bond donors (Lipinski definition) is 0. The topological polar surface area (TPSA) is 40.6 Å². The van der Waals surface area contributed by atoms with Gasteiger partial charge in [-0.05, 0) is 26.7 Å². The Kier molecular flexibility index (Phi) is 3.55. The molecule has 1 fully saturated rings. The molecule has 14 heavy (non-hydrogen) atoms. The fourth-order valence-electron chi connectivity index (χ4n) is 2.04. The minimum atomic E-state index is -3.23. The van der Waals surface area contributed by atoms with Crippen molar-refractivity contribution in [3.63, 3.8) is 0 Å². The minimum Gasteiger partial charge on any atom is -0.195 e. The molecule has 1 aliphatic heterocycles. The quantitative estimate of drug-likeness (QED) is 0.698. The highest BCUT2D eigenvalue weighted by molar-refractivity contribution is 7.86. The second kappa shape index (κ2) is 4.16. The molecule has 5 heteroatoms. The predicted octanol–water partition coefficient (Wildman–Crippen LogP) is 1.06. The molecule has 0 aromatic carbocycles. The predicted molar refractivity (Wildman–Crippen MR) is 57.2 cm³/mol. The highest BCUT2D eigenvalue weighted by atomic mass is 32.2. The van der Waals surface area contributed by atoms with Crippen molar-refractivity contribution in [1.82, 2.24) is 8.61 Å². The van der Waals surface area contributed by atoms with Crippen LogP contribution in [0.1, 0.15) is 33.1 Å². The highest BCUT2D eigenvalue weighted by Gasteiger charge is 2.35. The van der Waals surface area contributed by atoms with E-state index < -0.39 is 10.2 Å². The van der Waals surface area contributed by atoms with Gasteiger partial charge in [0.15, 0.2) is 0 Å². The van der Waals surface area contributed by atoms with Gasteiger partial charge in [-0.15, -0.1) is 0 Å². The fraction of sp³-hybridized carbons (Fsp3) is 1.00. The summed E-state index contributed by atoms with van der Waals surface area (Å²) in [5.74, 6) is 0. The van der Waals surface area contributed by atoms with Crippen molar-refractivity contribution in [2.24, 2.45) is 0 Å². The second-order valence-corrected chi connectivity index (χ2v) is 6.30. The molecule has 1 saturated heterocycles. The van der Waals surface area contributed by atoms with E-state index in [-0.39, 0.29) is 12.1 Å². The molecule has 0 aromatic heterocycles. The summed E-state index contributed by atoms with van der Waals surface area (Å²) in [7, 11) is -0.0583. The van der Waals surface area contributed by atoms with Crippen LogP contribution in [-0.4, -0.2) is 43.2 Å². The van der Waals surface area contributed by atoms with Crippen LogP contribution >= 0.6 is 0 Å². The highest BCUT2D eigenvalue weighted by Crippen LogP contribution is 2.26. The second-order valence-electron chi connectivity index (χ2n) is 4.25. The lowest BCUT2D eigenvalue weighted by atomic mass is 10.0. The third-order valence-electron chi connectivity index (χ3n) is 2.84. The smallest absolute Gasteiger partial charge is 0.195 e. The van der Waals surface area contributed by atoms with Crippen molar-refractivity contribution in [2.45, 2.75) is 45.2 Å². The molecule has 1 rings (SSSR count). The van der Waals surface area contributed by atoms with E-state index in [2.05, 4.69) is 0 Å². The normalized spacial score (nSPS) is 30.9. The summed E-state index contributed by atoms with van der Waals surface area (Å²) < 4.78 is 26.8. The third kappa shape index (κ3) is 2.10. The van der Waals surface area contributed by atoms with Gasteiger partial charge in [0.2, 0.25) is 0 Å². The van der Waals surface area contributed by atoms with Gasteiger partial charge in [0.1, 0.15) is 0 Å². The SMILES string of the molecule is CC1CCCC(C)N1S(=O)(=O)N(C)C. The van der Waals surface area contributed by atoms with Crippen molar-refractivity contribution >= 4 is 10.2 Å². The molecule has 0 spiro atoms. The largest absolute Gasteiger partial charge is 0.281 e. The van der Waals surface area contributed by atoms with Crippen LogP contribution in [-0.2, 0) is 10.2 Å². The zero-order chi connectivity index (χ0) is 10.9. The Morgan fingerprint density at radius 1 is 1.14 bits per heavy atom. The van der Waals surface area contributed by atoms with Crippen LogP contribution in [0, 0.1) is 0 Å². The fourth-order valence-corrected chi connectivity index (χ4v) is 3.54. The van der Waals surface area contributed by atoms with Crippen molar-refractivity contribution in [3.8, 4) is 0 Å². The summed E-state index contributed by atoms with van der Waals surface area (Å²) in [6.45, 7) is 3.97. The lowest BCUT2D eigenvalue weighted by Gasteiger charge is -2.38. The van der Waals surface area contributed by atoms with Crippen molar-refractivity contribution in [1.29, 1.82) is 0 Å². The Bertz CT molecular complexity index is 277. The Morgan fingerprint density at radius 2 is 1.57 bits per heavy atom. The third-order valence-corrected chi connectivity index (χ3v) is 5.02. The maximum absolute atomic E-state index is 12.0. The zero-order valence-corrected chi connectivity index (χ0v) is 10.2. The first-order valence-corrected chi connectivity index (χ1v) is 6.48. The molecule has 84 valence electrons. The van der Waals surface area contributed by atoms with Gasteiger partial charge in [0.05, 0.1) is 0 Å². The molecule has 0 radical (unpaired) electrons. The van der Waals surface area contributed by atoms with E-state index >= 15 is 0 Å². The van der Waals surface area contributed by atoms with E-state index in [9.17, 15) is 8.42 Å². The Labute approximate surface area is 87.1 Å². The molecule has 0 N–H and O–H groups in total. The number of rotatable bonds is 2. The summed E-state index contributed by atoms with van der Waals surface area (Å²) in [6, 6.07) is 0.261. The molecule has 0 aliphatic carbocycles. The zero-order valence-electron chi connectivity index (χ0n) is 9.40. The summed E-state index contributed by atoms with van der Waals surface area (Å²) >= 11 is 0. The molecule has 2 atom stereocenters. The Morgan fingerprint density at radius 3 is 1.93 bits per heavy atom. The van der Waals surface area contributed by atoms with Crippen molar-refractivity contribution < 1.29 is 8.42 Å². The van der Waals surface area contributed by atoms with Crippen LogP contribution in [0.2, 0.25) is 0 Å². The lowest BCUT2D eigenvalue weighted by Crippen LogP contribution is -2.51. The van der Waals surface area contributed by atoms with Crippen molar-refractivity contribution in [3.05, 3.63) is 0 Å². The lowest BCUT2D eigenvalue weighted by molar-refractivity contribution is 0.194. The number of nitrogens with zero attached hydrogens (tertiary/aromatic N) is 2. The molecule has 1 aliphatic rings. The van der Waals surface area contributed by atoms with Gasteiger partial charge in [-0.1, -0.05) is 6.42 Å². The van der Waals surface area contributed by atoms with Gasteiger partial charge >= 0.3 is 0 Å². The van der Waals surface area contributed by atoms with Crippen molar-refractivity contribution in [2.75, 3.05) is 14.1 Å². The van der Waals surface area contributed by atoms with Crippen LogP contribution in [0.4, 0.5) is 0 Å². The summed E-state index contributed by atoms with van der Waals surface area (Å²) in [6.07, 6.45) is 3.07. The maximum atomic E-state index is 12.0. The van der Waals surface area contributed by atoms with Gasteiger partial charge in [0.25, 0.3) is 10.2 Å². The molecule has 1 heterocycles. The summed E-state index contributed by atoms with van der Waals surface area (Å²) in [5.41, 5.74) is 0. The maximum Gasteiger partial charge on any atom is 0.281 e. The van der Waals surface area contributed by atoms with E-state index in [1.165, 1.54) is 4.31 Å². The van der Waals surface area contributed by atoms with Crippen LogP contribution < -0.4 is 0 Å². The molecular weight excluding hydrogens is 200 g/mol. The van der Waals surface area contributed by atoms with E-state index in [0.29, 0.717) is 0 Å². The standard InChI is InChI=1S/C9H20N2O2S/c1-8-6-5-7-9(2)11(8)14(12,13)10(3)4/h8-9H,5-7H2,1-4H3. The van der Waals surface area contributed by atoms with Gasteiger partial charge in [-0.25, -0.2) is 0 Å². The van der Waals surface area contributed by atoms with Gasteiger partial charge in [-0.2, -0.15) is 17.0 Å². The molecule has 2 unspecified atom stereocenters. The van der Waals surface area contributed by atoms with E-state index in [0.717, 1.165) is 19.3 Å². The molecular formula is C9H20N2O2S. The minimum absolute atomic E-state index is 0.131. The van der Waals surface area contributed by atoms with Gasteiger partial charge < -0.3 is 0 Å². The van der Waals surface area contributed by atoms with Crippen LogP contribution in [0.5, 0.6) is 0 Å². The molecule has 0 bridgehead atoms. The Balaban J connectivity index is 2.93.